The number of hydrogen-bond donors (Lipinski definition) is 3. The molecule has 2 aliphatic rings. The van der Waals surface area contributed by atoms with Crippen LogP contribution >= 0.6 is 0 Å². The van der Waals surface area contributed by atoms with Crippen LogP contribution in [0.4, 0.5) is 5.69 Å². The van der Waals surface area contributed by atoms with Crippen molar-refractivity contribution >= 4 is 23.0 Å². The summed E-state index contributed by atoms with van der Waals surface area (Å²) in [5.74, 6) is 0.191. The van der Waals surface area contributed by atoms with Crippen molar-refractivity contribution < 1.29 is 14.7 Å². The first-order valence-electron chi connectivity index (χ1n) is 11.1. The lowest BCUT2D eigenvalue weighted by Crippen LogP contribution is -2.31. The first-order chi connectivity index (χ1) is 14.7. The number of aryl methyl sites for hydroxylation is 1. The molecule has 1 saturated carbocycles. The second kappa shape index (κ2) is 8.08. The van der Waals surface area contributed by atoms with Gasteiger partial charge in [-0.25, -0.2) is 4.98 Å². The first-order valence-corrected chi connectivity index (χ1v) is 11.1. The van der Waals surface area contributed by atoms with Crippen molar-refractivity contribution in [2.45, 2.75) is 71.3 Å². The molecule has 4 rings (SSSR count). The van der Waals surface area contributed by atoms with E-state index in [0.29, 0.717) is 31.4 Å². The monoisotopic (exact) mass is 421 g/mol. The molecule has 1 aromatic carbocycles. The molecular formula is C25H31N3O3. The molecule has 1 aromatic heterocycles. The van der Waals surface area contributed by atoms with E-state index in [1.165, 1.54) is 5.57 Å². The fourth-order valence-corrected chi connectivity index (χ4v) is 4.47. The van der Waals surface area contributed by atoms with Crippen LogP contribution in [0.3, 0.4) is 0 Å². The second-order valence-corrected chi connectivity index (χ2v) is 9.80. The Morgan fingerprint density at radius 1 is 1.16 bits per heavy atom. The van der Waals surface area contributed by atoms with E-state index in [1.807, 2.05) is 25.1 Å². The van der Waals surface area contributed by atoms with E-state index in [0.717, 1.165) is 36.1 Å². The normalized spacial score (nSPS) is 20.3. The molecule has 1 amide bonds. The topological polar surface area (TPSA) is 95.1 Å². The number of allylic oxidation sites excluding steroid dienone is 2. The Morgan fingerprint density at radius 2 is 1.90 bits per heavy atom. The van der Waals surface area contributed by atoms with Gasteiger partial charge in [0, 0.05) is 36.0 Å². The molecule has 1 fully saturated rings. The quantitative estimate of drug-likeness (QED) is 0.655. The smallest absolute Gasteiger partial charge is 0.291 e. The zero-order valence-corrected chi connectivity index (χ0v) is 18.5. The van der Waals surface area contributed by atoms with Gasteiger partial charge in [0.2, 0.25) is 0 Å². The van der Waals surface area contributed by atoms with Gasteiger partial charge in [-0.15, -0.1) is 0 Å². The van der Waals surface area contributed by atoms with Gasteiger partial charge in [-0.2, -0.15) is 0 Å². The average molecular weight is 422 g/mol. The number of amides is 1. The van der Waals surface area contributed by atoms with Gasteiger partial charge in [-0.3, -0.25) is 9.59 Å². The number of aliphatic hydroxyl groups is 1. The summed E-state index contributed by atoms with van der Waals surface area (Å²) in [5, 5.41) is 14.2. The van der Waals surface area contributed by atoms with Gasteiger partial charge in [0.1, 0.15) is 5.78 Å². The Bertz CT molecular complexity index is 1040. The van der Waals surface area contributed by atoms with E-state index in [4.69, 9.17) is 0 Å². The van der Waals surface area contributed by atoms with Crippen molar-refractivity contribution in [2.75, 3.05) is 5.32 Å². The summed E-state index contributed by atoms with van der Waals surface area (Å²) in [6.07, 6.45) is 8.51. The van der Waals surface area contributed by atoms with Crippen LogP contribution in [0.2, 0.25) is 0 Å². The van der Waals surface area contributed by atoms with E-state index in [1.54, 1.807) is 6.20 Å². The van der Waals surface area contributed by atoms with Crippen LogP contribution in [0, 0.1) is 12.3 Å². The molecule has 0 saturated heterocycles. The van der Waals surface area contributed by atoms with Gasteiger partial charge in [-0.1, -0.05) is 26.0 Å². The van der Waals surface area contributed by atoms with Gasteiger partial charge in [0.05, 0.1) is 5.60 Å². The number of nitrogens with one attached hydrogen (secondary N) is 2. The van der Waals surface area contributed by atoms with Crippen LogP contribution < -0.4 is 5.32 Å². The van der Waals surface area contributed by atoms with Gasteiger partial charge in [0.25, 0.3) is 5.91 Å². The Labute approximate surface area is 183 Å². The first kappa shape index (κ1) is 21.5. The number of nitrogens with zero attached hydrogens (tertiary/aromatic N) is 1. The van der Waals surface area contributed by atoms with Crippen LogP contribution in [-0.4, -0.2) is 26.8 Å². The minimum Gasteiger partial charge on any atom is -0.385 e. The molecule has 0 bridgehead atoms. The molecule has 0 spiro atoms. The largest absolute Gasteiger partial charge is 0.385 e. The maximum Gasteiger partial charge on any atom is 0.291 e. The number of aromatic nitrogens is 2. The number of Topliss-reactive ketones (excluding diaryl/α,β-unsaturated/α-hetero) is 1. The summed E-state index contributed by atoms with van der Waals surface area (Å²) in [7, 11) is 0. The summed E-state index contributed by atoms with van der Waals surface area (Å²) in [4.78, 5) is 31.5. The van der Waals surface area contributed by atoms with Crippen LogP contribution in [0.1, 0.15) is 86.2 Å². The maximum absolute atomic E-state index is 12.7. The Balaban J connectivity index is 1.69. The molecular weight excluding hydrogens is 390 g/mol. The van der Waals surface area contributed by atoms with Gasteiger partial charge < -0.3 is 15.4 Å². The standard InChI is InChI=1S/C25H31N3O3/c1-16-15-26-22(27-16)23(30)28-21-5-4-18(25(31)12-8-19(29)9-13-25)14-20(21)17-6-10-24(2,3)11-7-17/h4-6,14-15,31H,7-13H2,1-3H3,(H,26,27)(H,28,30). The third-order valence-corrected chi connectivity index (χ3v) is 6.68. The number of rotatable bonds is 4. The molecule has 0 unspecified atom stereocenters. The molecule has 3 N–H and O–H groups in total. The van der Waals surface area contributed by atoms with E-state index in [9.17, 15) is 14.7 Å². The van der Waals surface area contributed by atoms with Gasteiger partial charge in [-0.05, 0) is 67.7 Å². The Kier molecular flexibility index (Phi) is 5.60. The molecule has 6 nitrogen and oxygen atoms in total. The fourth-order valence-electron chi connectivity index (χ4n) is 4.47. The zero-order chi connectivity index (χ0) is 22.2. The van der Waals surface area contributed by atoms with Crippen molar-refractivity contribution in [2.24, 2.45) is 5.41 Å². The Morgan fingerprint density at radius 3 is 2.52 bits per heavy atom. The highest BCUT2D eigenvalue weighted by Crippen LogP contribution is 2.42. The molecule has 2 aromatic rings. The molecule has 164 valence electrons. The summed E-state index contributed by atoms with van der Waals surface area (Å²) >= 11 is 0. The van der Waals surface area contributed by atoms with Gasteiger partial charge in [0.15, 0.2) is 5.82 Å². The third-order valence-electron chi connectivity index (χ3n) is 6.68. The van der Waals surface area contributed by atoms with Crippen molar-refractivity contribution in [3.05, 3.63) is 53.1 Å². The molecule has 2 aliphatic carbocycles. The molecule has 1 heterocycles. The predicted octanol–water partition coefficient (Wildman–Crippen LogP) is 4.89. The van der Waals surface area contributed by atoms with Crippen molar-refractivity contribution in [3.63, 3.8) is 0 Å². The van der Waals surface area contributed by atoms with Crippen LogP contribution in [0.25, 0.3) is 5.57 Å². The number of aromatic amines is 1. The highest BCUT2D eigenvalue weighted by Gasteiger charge is 2.35. The minimum absolute atomic E-state index is 0.208. The number of imidazole rings is 1. The summed E-state index contributed by atoms with van der Waals surface area (Å²) < 4.78 is 0. The predicted molar refractivity (Wildman–Crippen MR) is 121 cm³/mol. The molecule has 31 heavy (non-hydrogen) atoms. The molecule has 0 atom stereocenters. The number of benzene rings is 1. The van der Waals surface area contributed by atoms with E-state index >= 15 is 0 Å². The lowest BCUT2D eigenvalue weighted by molar-refractivity contribution is -0.125. The number of ketones is 1. The Hall–Kier alpha value is -2.73. The van der Waals surface area contributed by atoms with E-state index in [2.05, 4.69) is 35.2 Å². The SMILES string of the molecule is Cc1cnc(C(=O)Nc2ccc(C3(O)CCC(=O)CC3)cc2C2=CCC(C)(C)CC2)[nH]1. The molecule has 6 heteroatoms. The van der Waals surface area contributed by atoms with E-state index < -0.39 is 5.60 Å². The lowest BCUT2D eigenvalue weighted by atomic mass is 9.75. The number of carbonyl (C=O) groups excluding carboxylic acids is 2. The summed E-state index contributed by atoms with van der Waals surface area (Å²) in [6.45, 7) is 6.38. The van der Waals surface area contributed by atoms with Crippen LogP contribution in [-0.2, 0) is 10.4 Å². The lowest BCUT2D eigenvalue weighted by Gasteiger charge is -2.33. The molecule has 0 aliphatic heterocycles. The highest BCUT2D eigenvalue weighted by atomic mass is 16.3. The minimum atomic E-state index is -1.00. The third kappa shape index (κ3) is 4.64. The maximum atomic E-state index is 12.7. The summed E-state index contributed by atoms with van der Waals surface area (Å²) in [5.41, 5.74) is 3.73. The van der Waals surface area contributed by atoms with Crippen LogP contribution in [0.15, 0.2) is 30.5 Å². The van der Waals surface area contributed by atoms with Crippen molar-refractivity contribution in [3.8, 4) is 0 Å². The van der Waals surface area contributed by atoms with Crippen molar-refractivity contribution in [1.82, 2.24) is 9.97 Å². The highest BCUT2D eigenvalue weighted by molar-refractivity contribution is 6.03. The van der Waals surface area contributed by atoms with E-state index in [-0.39, 0.29) is 22.9 Å². The number of anilines is 1. The number of hydrogen-bond acceptors (Lipinski definition) is 4. The number of H-pyrrole nitrogens is 1. The number of carbonyl (C=O) groups is 2. The average Bonchev–Trinajstić information content (AvgIpc) is 3.17. The van der Waals surface area contributed by atoms with Crippen molar-refractivity contribution in [1.29, 1.82) is 0 Å². The van der Waals surface area contributed by atoms with Crippen LogP contribution in [0.5, 0.6) is 0 Å². The zero-order valence-electron chi connectivity index (χ0n) is 18.5. The van der Waals surface area contributed by atoms with Gasteiger partial charge >= 0.3 is 0 Å². The second-order valence-electron chi connectivity index (χ2n) is 9.80. The fraction of sp³-hybridized carbons (Fsp3) is 0.480. The summed E-state index contributed by atoms with van der Waals surface area (Å²) in [6, 6.07) is 5.74. The molecule has 0 radical (unpaired) electrons.